The first-order chi connectivity index (χ1) is 9.69. The van der Waals surface area contributed by atoms with Crippen molar-refractivity contribution in [1.82, 2.24) is 5.32 Å². The number of carbonyl (C=O) groups excluding carboxylic acids is 1. The molecule has 1 aromatic rings. The van der Waals surface area contributed by atoms with Gasteiger partial charge in [0.05, 0.1) is 4.90 Å². The molecule has 0 fully saturated rings. The molecule has 118 valence electrons. The molecular weight excluding hydrogens is 308 g/mol. The Bertz CT molecular complexity index is 585. The predicted molar refractivity (Wildman–Crippen MR) is 86.2 cm³/mol. The summed E-state index contributed by atoms with van der Waals surface area (Å²) in [4.78, 5) is 12.8. The van der Waals surface area contributed by atoms with Crippen molar-refractivity contribution < 1.29 is 13.2 Å². The van der Waals surface area contributed by atoms with Gasteiger partial charge < -0.3 is 11.1 Å². The molecule has 0 saturated carbocycles. The summed E-state index contributed by atoms with van der Waals surface area (Å²) in [5.74, 6) is 0.0943. The van der Waals surface area contributed by atoms with Gasteiger partial charge in [0.1, 0.15) is 5.54 Å². The monoisotopic (exact) mass is 330 g/mol. The highest BCUT2D eigenvalue weighted by Crippen LogP contribution is 2.24. The summed E-state index contributed by atoms with van der Waals surface area (Å²) in [5, 5.41) is 3.16. The van der Waals surface area contributed by atoms with E-state index < -0.39 is 21.3 Å². The highest BCUT2D eigenvalue weighted by atomic mass is 32.2. The number of primary amides is 1. The lowest BCUT2D eigenvalue weighted by molar-refractivity contribution is -0.122. The second-order valence-corrected chi connectivity index (χ2v) is 8.22. The Morgan fingerprint density at radius 3 is 2.33 bits per heavy atom. The highest BCUT2D eigenvalue weighted by Gasteiger charge is 2.30. The van der Waals surface area contributed by atoms with Crippen LogP contribution in [0.4, 0.5) is 0 Å². The second-order valence-electron chi connectivity index (χ2n) is 5.16. The number of amides is 1. The SMILES string of the molecule is CCCNC(C)(CSc1ccc(S(C)(=O)=O)cc1)C(N)=O. The fourth-order valence-electron chi connectivity index (χ4n) is 1.62. The van der Waals surface area contributed by atoms with Gasteiger partial charge in [0.15, 0.2) is 9.84 Å². The van der Waals surface area contributed by atoms with Crippen LogP contribution in [-0.2, 0) is 14.6 Å². The molecule has 0 aliphatic rings. The van der Waals surface area contributed by atoms with Crippen LogP contribution in [0.1, 0.15) is 20.3 Å². The van der Waals surface area contributed by atoms with Crippen molar-refractivity contribution in [3.63, 3.8) is 0 Å². The molecule has 5 nitrogen and oxygen atoms in total. The zero-order chi connectivity index (χ0) is 16.1. The molecule has 3 N–H and O–H groups in total. The van der Waals surface area contributed by atoms with Crippen LogP contribution in [0, 0.1) is 0 Å². The molecule has 0 spiro atoms. The van der Waals surface area contributed by atoms with Crippen molar-refractivity contribution in [3.8, 4) is 0 Å². The summed E-state index contributed by atoms with van der Waals surface area (Å²) < 4.78 is 22.8. The van der Waals surface area contributed by atoms with Gasteiger partial charge in [-0.3, -0.25) is 4.79 Å². The molecule has 0 heterocycles. The van der Waals surface area contributed by atoms with Gasteiger partial charge >= 0.3 is 0 Å². The molecule has 0 radical (unpaired) electrons. The molecule has 0 aromatic heterocycles. The van der Waals surface area contributed by atoms with Crippen LogP contribution in [0.2, 0.25) is 0 Å². The van der Waals surface area contributed by atoms with Gasteiger partial charge in [-0.25, -0.2) is 8.42 Å². The van der Waals surface area contributed by atoms with Crippen LogP contribution in [0.3, 0.4) is 0 Å². The summed E-state index contributed by atoms with van der Waals surface area (Å²) >= 11 is 1.47. The Morgan fingerprint density at radius 1 is 1.33 bits per heavy atom. The number of hydrogen-bond acceptors (Lipinski definition) is 5. The normalized spacial score (nSPS) is 14.6. The Hall–Kier alpha value is -1.05. The van der Waals surface area contributed by atoms with Gasteiger partial charge in [-0.2, -0.15) is 0 Å². The van der Waals surface area contributed by atoms with Crippen LogP contribution in [-0.4, -0.2) is 38.4 Å². The van der Waals surface area contributed by atoms with E-state index >= 15 is 0 Å². The van der Waals surface area contributed by atoms with Crippen molar-refractivity contribution in [2.24, 2.45) is 5.73 Å². The second kappa shape index (κ2) is 7.29. The number of rotatable bonds is 8. The first-order valence-electron chi connectivity index (χ1n) is 6.67. The van der Waals surface area contributed by atoms with E-state index in [0.717, 1.165) is 11.3 Å². The van der Waals surface area contributed by atoms with Crippen molar-refractivity contribution in [2.45, 2.75) is 35.6 Å². The zero-order valence-corrected chi connectivity index (χ0v) is 14.2. The molecule has 0 aliphatic carbocycles. The van der Waals surface area contributed by atoms with Crippen molar-refractivity contribution in [2.75, 3.05) is 18.6 Å². The molecule has 0 bridgehead atoms. The van der Waals surface area contributed by atoms with Crippen molar-refractivity contribution >= 4 is 27.5 Å². The summed E-state index contributed by atoms with van der Waals surface area (Å²) in [6.07, 6.45) is 2.09. The minimum Gasteiger partial charge on any atom is -0.368 e. The van der Waals surface area contributed by atoms with Crippen LogP contribution in [0.25, 0.3) is 0 Å². The average Bonchev–Trinajstić information content (AvgIpc) is 2.42. The van der Waals surface area contributed by atoms with Gasteiger partial charge in [-0.05, 0) is 44.2 Å². The Balaban J connectivity index is 2.75. The predicted octanol–water partition coefficient (Wildman–Crippen LogP) is 1.43. The molecule has 7 heteroatoms. The first-order valence-corrected chi connectivity index (χ1v) is 9.54. The number of sulfone groups is 1. The number of hydrogen-bond donors (Lipinski definition) is 2. The maximum atomic E-state index is 11.6. The van der Waals surface area contributed by atoms with Gasteiger partial charge in [-0.15, -0.1) is 11.8 Å². The van der Waals surface area contributed by atoms with Crippen LogP contribution in [0.15, 0.2) is 34.1 Å². The minimum atomic E-state index is -3.18. The number of thioether (sulfide) groups is 1. The molecule has 1 aromatic carbocycles. The van der Waals surface area contributed by atoms with Gasteiger partial charge in [0.25, 0.3) is 0 Å². The molecule has 0 saturated heterocycles. The lowest BCUT2D eigenvalue weighted by atomic mass is 10.1. The Labute approximate surface area is 130 Å². The summed E-state index contributed by atoms with van der Waals surface area (Å²) in [7, 11) is -3.18. The van der Waals surface area contributed by atoms with E-state index in [0.29, 0.717) is 12.3 Å². The number of carbonyl (C=O) groups is 1. The third kappa shape index (κ3) is 5.33. The lowest BCUT2D eigenvalue weighted by Gasteiger charge is -2.27. The summed E-state index contributed by atoms with van der Waals surface area (Å²) in [5.41, 5.74) is 4.68. The Kier molecular flexibility index (Phi) is 6.24. The maximum Gasteiger partial charge on any atom is 0.238 e. The third-order valence-electron chi connectivity index (χ3n) is 3.09. The number of benzene rings is 1. The largest absolute Gasteiger partial charge is 0.368 e. The van der Waals surface area contributed by atoms with Gasteiger partial charge in [0.2, 0.25) is 5.91 Å². The lowest BCUT2D eigenvalue weighted by Crippen LogP contribution is -2.55. The molecule has 21 heavy (non-hydrogen) atoms. The maximum absolute atomic E-state index is 11.6. The standard InChI is InChI=1S/C14H22N2O3S2/c1-4-9-16-14(2,13(15)17)10-20-11-5-7-12(8-6-11)21(3,18)19/h5-8,16H,4,9-10H2,1-3H3,(H2,15,17). The van der Waals surface area contributed by atoms with Gasteiger partial charge in [0, 0.05) is 16.9 Å². The summed E-state index contributed by atoms with van der Waals surface area (Å²) in [6, 6.07) is 6.61. The highest BCUT2D eigenvalue weighted by molar-refractivity contribution is 7.99. The van der Waals surface area contributed by atoms with E-state index in [1.165, 1.54) is 18.0 Å². The summed E-state index contributed by atoms with van der Waals surface area (Å²) in [6.45, 7) is 4.52. The molecule has 1 rings (SSSR count). The number of nitrogens with one attached hydrogen (secondary N) is 1. The smallest absolute Gasteiger partial charge is 0.238 e. The molecule has 1 atom stereocenters. The van der Waals surface area contributed by atoms with E-state index in [-0.39, 0.29) is 4.90 Å². The third-order valence-corrected chi connectivity index (χ3v) is 5.54. The fourth-order valence-corrected chi connectivity index (χ4v) is 3.28. The van der Waals surface area contributed by atoms with Gasteiger partial charge in [-0.1, -0.05) is 6.92 Å². The molecule has 0 aliphatic heterocycles. The van der Waals surface area contributed by atoms with E-state index in [1.807, 2.05) is 6.92 Å². The molecule has 1 unspecified atom stereocenters. The van der Waals surface area contributed by atoms with E-state index in [1.54, 1.807) is 31.2 Å². The topological polar surface area (TPSA) is 89.3 Å². The van der Waals surface area contributed by atoms with Crippen molar-refractivity contribution in [3.05, 3.63) is 24.3 Å². The minimum absolute atomic E-state index is 0.286. The van der Waals surface area contributed by atoms with Crippen LogP contribution < -0.4 is 11.1 Å². The average molecular weight is 330 g/mol. The molecular formula is C14H22N2O3S2. The number of nitrogens with two attached hydrogens (primary N) is 1. The first kappa shape index (κ1) is 18.0. The Morgan fingerprint density at radius 2 is 1.90 bits per heavy atom. The van der Waals surface area contributed by atoms with E-state index in [2.05, 4.69) is 5.32 Å². The molecule has 1 amide bonds. The van der Waals surface area contributed by atoms with Crippen LogP contribution >= 0.6 is 11.8 Å². The van der Waals surface area contributed by atoms with Crippen molar-refractivity contribution in [1.29, 1.82) is 0 Å². The van der Waals surface area contributed by atoms with E-state index in [9.17, 15) is 13.2 Å². The van der Waals surface area contributed by atoms with E-state index in [4.69, 9.17) is 5.73 Å². The fraction of sp³-hybridized carbons (Fsp3) is 0.500. The quantitative estimate of drug-likeness (QED) is 0.704. The van der Waals surface area contributed by atoms with Crippen LogP contribution in [0.5, 0.6) is 0 Å². The zero-order valence-electron chi connectivity index (χ0n) is 12.5.